The molecule has 4 nitrogen and oxygen atoms in total. The number of rotatable bonds is 5. The van der Waals surface area contributed by atoms with E-state index in [1.807, 2.05) is 0 Å². The SMILES string of the molecule is CC1CCC(CO)(NCC(=O)NC2CCCC2)CC1. The van der Waals surface area contributed by atoms with Gasteiger partial charge >= 0.3 is 0 Å². The zero-order chi connectivity index (χ0) is 13.7. The molecule has 0 aromatic carbocycles. The topological polar surface area (TPSA) is 61.4 Å². The molecule has 0 unspecified atom stereocenters. The monoisotopic (exact) mass is 268 g/mol. The van der Waals surface area contributed by atoms with Crippen LogP contribution in [0.25, 0.3) is 0 Å². The fourth-order valence-electron chi connectivity index (χ4n) is 3.32. The maximum absolute atomic E-state index is 11.9. The predicted molar refractivity (Wildman–Crippen MR) is 75.9 cm³/mol. The molecule has 0 spiro atoms. The van der Waals surface area contributed by atoms with Gasteiger partial charge < -0.3 is 15.7 Å². The van der Waals surface area contributed by atoms with Crippen LogP contribution in [-0.2, 0) is 4.79 Å². The maximum Gasteiger partial charge on any atom is 0.234 e. The summed E-state index contributed by atoms with van der Waals surface area (Å²) >= 11 is 0. The van der Waals surface area contributed by atoms with Crippen LogP contribution in [0.15, 0.2) is 0 Å². The molecule has 2 rings (SSSR count). The zero-order valence-electron chi connectivity index (χ0n) is 12.1. The van der Waals surface area contributed by atoms with Crippen LogP contribution in [0.2, 0.25) is 0 Å². The summed E-state index contributed by atoms with van der Waals surface area (Å²) in [4.78, 5) is 11.9. The Morgan fingerprint density at radius 2 is 1.84 bits per heavy atom. The molecule has 0 aromatic heterocycles. The average molecular weight is 268 g/mol. The van der Waals surface area contributed by atoms with Crippen molar-refractivity contribution in [3.8, 4) is 0 Å². The number of aliphatic hydroxyl groups excluding tert-OH is 1. The van der Waals surface area contributed by atoms with Crippen LogP contribution in [-0.4, -0.2) is 35.7 Å². The van der Waals surface area contributed by atoms with E-state index in [9.17, 15) is 9.90 Å². The molecule has 110 valence electrons. The molecule has 0 aromatic rings. The first-order chi connectivity index (χ1) is 9.13. The van der Waals surface area contributed by atoms with Crippen molar-refractivity contribution in [2.24, 2.45) is 5.92 Å². The van der Waals surface area contributed by atoms with Crippen molar-refractivity contribution in [3.63, 3.8) is 0 Å². The van der Waals surface area contributed by atoms with Crippen LogP contribution < -0.4 is 10.6 Å². The van der Waals surface area contributed by atoms with E-state index in [4.69, 9.17) is 0 Å². The van der Waals surface area contributed by atoms with Crippen LogP contribution >= 0.6 is 0 Å². The van der Waals surface area contributed by atoms with Gasteiger partial charge in [-0.25, -0.2) is 0 Å². The lowest BCUT2D eigenvalue weighted by Gasteiger charge is -2.38. The molecule has 0 atom stereocenters. The third-order valence-electron chi connectivity index (χ3n) is 4.88. The number of carbonyl (C=O) groups is 1. The Bertz CT molecular complexity index is 293. The smallest absolute Gasteiger partial charge is 0.234 e. The third kappa shape index (κ3) is 4.18. The summed E-state index contributed by atoms with van der Waals surface area (Å²) in [5.74, 6) is 0.826. The molecule has 2 aliphatic rings. The van der Waals surface area contributed by atoms with Crippen LogP contribution in [0.1, 0.15) is 58.3 Å². The second kappa shape index (κ2) is 6.71. The molecule has 0 saturated heterocycles. The summed E-state index contributed by atoms with van der Waals surface area (Å²) in [6.07, 6.45) is 8.93. The van der Waals surface area contributed by atoms with Gasteiger partial charge in [-0.3, -0.25) is 4.79 Å². The Morgan fingerprint density at radius 1 is 1.21 bits per heavy atom. The number of amides is 1. The number of hydrogen-bond donors (Lipinski definition) is 3. The van der Waals surface area contributed by atoms with Gasteiger partial charge in [-0.15, -0.1) is 0 Å². The largest absolute Gasteiger partial charge is 0.394 e. The van der Waals surface area contributed by atoms with E-state index in [1.165, 1.54) is 12.8 Å². The number of hydrogen-bond acceptors (Lipinski definition) is 3. The van der Waals surface area contributed by atoms with Crippen molar-refractivity contribution in [3.05, 3.63) is 0 Å². The molecular formula is C15H28N2O2. The summed E-state index contributed by atoms with van der Waals surface area (Å²) in [7, 11) is 0. The fraction of sp³-hybridized carbons (Fsp3) is 0.933. The molecule has 3 N–H and O–H groups in total. The van der Waals surface area contributed by atoms with E-state index in [0.717, 1.165) is 44.4 Å². The third-order valence-corrected chi connectivity index (χ3v) is 4.88. The fourth-order valence-corrected chi connectivity index (χ4v) is 3.32. The highest BCUT2D eigenvalue weighted by atomic mass is 16.3. The molecule has 0 radical (unpaired) electrons. The quantitative estimate of drug-likeness (QED) is 0.709. The normalized spacial score (nSPS) is 32.4. The standard InChI is InChI=1S/C15H28N2O2/c1-12-6-8-15(11-18,9-7-12)16-10-14(19)17-13-4-2-3-5-13/h12-13,16,18H,2-11H2,1H3,(H,17,19). The first kappa shape index (κ1) is 14.8. The molecule has 1 amide bonds. The van der Waals surface area contributed by atoms with Crippen LogP contribution in [0.4, 0.5) is 0 Å². The second-order valence-electron chi connectivity index (χ2n) is 6.52. The van der Waals surface area contributed by atoms with Gasteiger partial charge in [-0.2, -0.15) is 0 Å². The van der Waals surface area contributed by atoms with Crippen LogP contribution in [0.3, 0.4) is 0 Å². The molecule has 2 fully saturated rings. The number of carbonyl (C=O) groups excluding carboxylic acids is 1. The minimum Gasteiger partial charge on any atom is -0.394 e. The number of aliphatic hydroxyl groups is 1. The van der Waals surface area contributed by atoms with E-state index in [2.05, 4.69) is 17.6 Å². The Kier molecular flexibility index (Phi) is 5.22. The van der Waals surface area contributed by atoms with Gasteiger partial charge in [0.2, 0.25) is 5.91 Å². The van der Waals surface area contributed by atoms with Gasteiger partial charge in [0.05, 0.1) is 13.2 Å². The highest BCUT2D eigenvalue weighted by molar-refractivity contribution is 5.78. The lowest BCUT2D eigenvalue weighted by atomic mass is 9.77. The van der Waals surface area contributed by atoms with Crippen molar-refractivity contribution < 1.29 is 9.90 Å². The van der Waals surface area contributed by atoms with Gasteiger partial charge in [0.25, 0.3) is 0 Å². The molecular weight excluding hydrogens is 240 g/mol. The van der Waals surface area contributed by atoms with Crippen LogP contribution in [0.5, 0.6) is 0 Å². The minimum absolute atomic E-state index is 0.0818. The van der Waals surface area contributed by atoms with Crippen molar-refractivity contribution in [2.75, 3.05) is 13.2 Å². The molecule has 2 aliphatic carbocycles. The van der Waals surface area contributed by atoms with E-state index in [1.54, 1.807) is 0 Å². The first-order valence-corrected chi connectivity index (χ1v) is 7.79. The van der Waals surface area contributed by atoms with Gasteiger partial charge in [0.15, 0.2) is 0 Å². The second-order valence-corrected chi connectivity index (χ2v) is 6.52. The molecule has 0 aliphatic heterocycles. The minimum atomic E-state index is -0.223. The van der Waals surface area contributed by atoms with Gasteiger partial charge in [0.1, 0.15) is 0 Å². The molecule has 2 saturated carbocycles. The van der Waals surface area contributed by atoms with Crippen molar-refractivity contribution >= 4 is 5.91 Å². The average Bonchev–Trinajstić information content (AvgIpc) is 2.92. The highest BCUT2D eigenvalue weighted by Crippen LogP contribution is 2.31. The summed E-state index contributed by atoms with van der Waals surface area (Å²) in [6.45, 7) is 2.73. The highest BCUT2D eigenvalue weighted by Gasteiger charge is 2.33. The van der Waals surface area contributed by atoms with Gasteiger partial charge in [-0.05, 0) is 44.4 Å². The molecule has 0 bridgehead atoms. The van der Waals surface area contributed by atoms with Crippen molar-refractivity contribution in [1.29, 1.82) is 0 Å². The Balaban J connectivity index is 1.74. The van der Waals surface area contributed by atoms with E-state index in [-0.39, 0.29) is 18.1 Å². The molecule has 0 heterocycles. The molecule has 19 heavy (non-hydrogen) atoms. The van der Waals surface area contributed by atoms with E-state index >= 15 is 0 Å². The summed E-state index contributed by atoms with van der Waals surface area (Å²) in [5.41, 5.74) is -0.223. The first-order valence-electron chi connectivity index (χ1n) is 7.79. The summed E-state index contributed by atoms with van der Waals surface area (Å²) in [5, 5.41) is 16.0. The lowest BCUT2D eigenvalue weighted by molar-refractivity contribution is -0.121. The van der Waals surface area contributed by atoms with Crippen molar-refractivity contribution in [1.82, 2.24) is 10.6 Å². The van der Waals surface area contributed by atoms with E-state index in [0.29, 0.717) is 12.6 Å². The zero-order valence-corrected chi connectivity index (χ0v) is 12.1. The Morgan fingerprint density at radius 3 is 2.42 bits per heavy atom. The van der Waals surface area contributed by atoms with Gasteiger partial charge in [0, 0.05) is 11.6 Å². The Labute approximate surface area is 116 Å². The van der Waals surface area contributed by atoms with E-state index < -0.39 is 0 Å². The summed E-state index contributed by atoms with van der Waals surface area (Å²) in [6, 6.07) is 0.380. The Hall–Kier alpha value is -0.610. The maximum atomic E-state index is 11.9. The van der Waals surface area contributed by atoms with Gasteiger partial charge in [-0.1, -0.05) is 19.8 Å². The summed E-state index contributed by atoms with van der Waals surface area (Å²) < 4.78 is 0. The predicted octanol–water partition coefficient (Wildman–Crippen LogP) is 1.58. The van der Waals surface area contributed by atoms with Crippen LogP contribution in [0, 0.1) is 5.92 Å². The molecule has 4 heteroatoms. The lowest BCUT2D eigenvalue weighted by Crippen LogP contribution is -2.54. The van der Waals surface area contributed by atoms with Crippen molar-refractivity contribution in [2.45, 2.75) is 69.9 Å². The number of nitrogens with one attached hydrogen (secondary N) is 2.